The van der Waals surface area contributed by atoms with E-state index in [0.29, 0.717) is 28.8 Å². The Hall–Kier alpha value is -1.05. The topological polar surface area (TPSA) is 56.5 Å². The molecular formula is C20H28Cl2N2O3Si. The fourth-order valence-corrected chi connectivity index (χ4v) is 4.61. The van der Waals surface area contributed by atoms with Crippen molar-refractivity contribution in [2.75, 3.05) is 20.0 Å². The summed E-state index contributed by atoms with van der Waals surface area (Å²) in [7, 11) is -1.12. The maximum Gasteiger partial charge on any atom is 0.189 e. The Balaban J connectivity index is 1.68. The fourth-order valence-electron chi connectivity index (χ4n) is 3.38. The Morgan fingerprint density at radius 3 is 2.75 bits per heavy atom. The highest BCUT2D eigenvalue weighted by molar-refractivity contribution is 6.76. The van der Waals surface area contributed by atoms with Gasteiger partial charge in [-0.1, -0.05) is 42.8 Å². The monoisotopic (exact) mass is 442 g/mol. The van der Waals surface area contributed by atoms with Crippen LogP contribution in [0.4, 0.5) is 0 Å². The van der Waals surface area contributed by atoms with Crippen molar-refractivity contribution in [2.24, 2.45) is 0 Å². The third-order valence-corrected chi connectivity index (χ3v) is 7.44. The van der Waals surface area contributed by atoms with E-state index in [2.05, 4.69) is 29.2 Å². The van der Waals surface area contributed by atoms with Crippen LogP contribution >= 0.6 is 23.2 Å². The van der Waals surface area contributed by atoms with Gasteiger partial charge in [0.15, 0.2) is 6.79 Å². The van der Waals surface area contributed by atoms with Gasteiger partial charge in [0, 0.05) is 58.4 Å². The van der Waals surface area contributed by atoms with Crippen LogP contribution < -0.4 is 4.74 Å². The zero-order valence-electron chi connectivity index (χ0n) is 16.7. The van der Waals surface area contributed by atoms with Crippen molar-refractivity contribution in [3.8, 4) is 5.75 Å². The predicted octanol–water partition coefficient (Wildman–Crippen LogP) is 4.76. The van der Waals surface area contributed by atoms with Crippen molar-refractivity contribution in [3.63, 3.8) is 0 Å². The van der Waals surface area contributed by atoms with Crippen LogP contribution in [0.3, 0.4) is 0 Å². The van der Waals surface area contributed by atoms with E-state index in [1.54, 1.807) is 6.07 Å². The molecule has 0 bridgehead atoms. The number of halogens is 2. The van der Waals surface area contributed by atoms with Gasteiger partial charge < -0.3 is 19.1 Å². The van der Waals surface area contributed by atoms with Gasteiger partial charge >= 0.3 is 0 Å². The molecule has 154 valence electrons. The second-order valence-electron chi connectivity index (χ2n) is 8.43. The number of ether oxygens (including phenoxy) is 2. The van der Waals surface area contributed by atoms with E-state index >= 15 is 0 Å². The zero-order valence-corrected chi connectivity index (χ0v) is 19.2. The van der Waals surface area contributed by atoms with Gasteiger partial charge in [-0.05, 0) is 18.2 Å². The fraction of sp³-hybridized carbons (Fsp3) is 0.550. The second kappa shape index (κ2) is 9.18. The first kappa shape index (κ1) is 21.7. The van der Waals surface area contributed by atoms with Crippen molar-refractivity contribution in [3.05, 3.63) is 45.5 Å². The second-order valence-corrected chi connectivity index (χ2v) is 14.8. The van der Waals surface area contributed by atoms with E-state index in [0.717, 1.165) is 36.1 Å². The Labute approximate surface area is 177 Å². The average molecular weight is 443 g/mol. The first-order chi connectivity index (χ1) is 13.3. The number of aliphatic hydroxyl groups is 1. The molecule has 0 saturated carbocycles. The van der Waals surface area contributed by atoms with Gasteiger partial charge in [-0.3, -0.25) is 0 Å². The van der Waals surface area contributed by atoms with Gasteiger partial charge in [0.1, 0.15) is 11.6 Å². The van der Waals surface area contributed by atoms with E-state index in [1.807, 2.05) is 12.3 Å². The van der Waals surface area contributed by atoms with Gasteiger partial charge in [0.2, 0.25) is 0 Å². The van der Waals surface area contributed by atoms with Gasteiger partial charge in [-0.25, -0.2) is 4.98 Å². The summed E-state index contributed by atoms with van der Waals surface area (Å²) in [4.78, 5) is 4.61. The zero-order chi connectivity index (χ0) is 20.3. The highest BCUT2D eigenvalue weighted by Gasteiger charge is 2.30. The molecule has 1 aliphatic heterocycles. The van der Waals surface area contributed by atoms with Crippen LogP contribution in [0.2, 0.25) is 35.7 Å². The Morgan fingerprint density at radius 1 is 1.29 bits per heavy atom. The standard InChI is InChI=1S/C20H28Cl2N2O3Si/c1-28(2,3)9-8-26-13-27-17-5-4-16(21)20(22)19(17)14-10-18-23-15(6-7-25)12-24(18)11-14/h4-5,12,14,25H,6-11,13H2,1-3H3. The molecule has 0 amide bonds. The SMILES string of the molecule is C[Si](C)(C)CCOCOc1ccc(Cl)c(Cl)c1C1Cc2nc(CCO)cn2C1. The molecule has 2 aromatic rings. The molecule has 0 spiro atoms. The number of fused-ring (bicyclic) bond motifs is 1. The molecule has 5 nitrogen and oxygen atoms in total. The summed E-state index contributed by atoms with van der Waals surface area (Å²) in [6.45, 7) is 8.75. The summed E-state index contributed by atoms with van der Waals surface area (Å²) < 4.78 is 13.7. The van der Waals surface area contributed by atoms with E-state index in [4.69, 9.17) is 37.8 Å². The minimum absolute atomic E-state index is 0.107. The third kappa shape index (κ3) is 5.30. The maximum absolute atomic E-state index is 9.10. The molecular weight excluding hydrogens is 415 g/mol. The molecule has 1 atom stereocenters. The lowest BCUT2D eigenvalue weighted by Gasteiger charge is -2.19. The number of rotatable bonds is 9. The molecule has 1 aromatic heterocycles. The first-order valence-electron chi connectivity index (χ1n) is 9.62. The van der Waals surface area contributed by atoms with Crippen molar-refractivity contribution in [1.82, 2.24) is 9.55 Å². The average Bonchev–Trinajstić information content (AvgIpc) is 3.15. The predicted molar refractivity (Wildman–Crippen MR) is 116 cm³/mol. The lowest BCUT2D eigenvalue weighted by Crippen LogP contribution is -2.22. The minimum Gasteiger partial charge on any atom is -0.467 e. The summed E-state index contributed by atoms with van der Waals surface area (Å²) in [6.07, 6.45) is 3.34. The van der Waals surface area contributed by atoms with Crippen LogP contribution in [0.25, 0.3) is 0 Å². The number of aliphatic hydroxyl groups excluding tert-OH is 1. The lowest BCUT2D eigenvalue weighted by atomic mass is 9.96. The summed E-state index contributed by atoms with van der Waals surface area (Å²) in [6, 6.07) is 4.73. The summed E-state index contributed by atoms with van der Waals surface area (Å²) in [5.74, 6) is 1.87. The molecule has 2 heterocycles. The molecule has 28 heavy (non-hydrogen) atoms. The highest BCUT2D eigenvalue weighted by Crippen LogP contribution is 2.42. The molecule has 3 rings (SSSR count). The van der Waals surface area contributed by atoms with Gasteiger partial charge in [0.25, 0.3) is 0 Å². The molecule has 8 heteroatoms. The summed E-state index contributed by atoms with van der Waals surface area (Å²) in [5, 5.41) is 10.2. The van der Waals surface area contributed by atoms with E-state index < -0.39 is 8.07 Å². The van der Waals surface area contributed by atoms with E-state index in [-0.39, 0.29) is 19.3 Å². The number of benzene rings is 1. The molecule has 0 saturated heterocycles. The van der Waals surface area contributed by atoms with E-state index in [9.17, 15) is 0 Å². The molecule has 0 radical (unpaired) electrons. The maximum atomic E-state index is 9.10. The molecule has 1 aliphatic rings. The van der Waals surface area contributed by atoms with Crippen LogP contribution in [-0.4, -0.2) is 42.7 Å². The van der Waals surface area contributed by atoms with Crippen molar-refractivity contribution >= 4 is 31.3 Å². The first-order valence-corrected chi connectivity index (χ1v) is 14.1. The van der Waals surface area contributed by atoms with Crippen LogP contribution in [0, 0.1) is 0 Å². The normalized spacial score (nSPS) is 16.4. The largest absolute Gasteiger partial charge is 0.467 e. The third-order valence-electron chi connectivity index (χ3n) is 4.92. The van der Waals surface area contributed by atoms with Crippen molar-refractivity contribution in [2.45, 2.75) is 51.0 Å². The van der Waals surface area contributed by atoms with Crippen LogP contribution in [-0.2, 0) is 24.1 Å². The Morgan fingerprint density at radius 2 is 2.07 bits per heavy atom. The quantitative estimate of drug-likeness (QED) is 0.345. The Bertz CT molecular complexity index is 797. The van der Waals surface area contributed by atoms with Gasteiger partial charge in [-0.2, -0.15) is 0 Å². The van der Waals surface area contributed by atoms with Gasteiger partial charge in [-0.15, -0.1) is 0 Å². The minimum atomic E-state index is -1.12. The number of imidazole rings is 1. The van der Waals surface area contributed by atoms with Crippen LogP contribution in [0.1, 0.15) is 23.0 Å². The lowest BCUT2D eigenvalue weighted by molar-refractivity contribution is 0.0213. The molecule has 1 aromatic carbocycles. The van der Waals surface area contributed by atoms with Crippen molar-refractivity contribution < 1.29 is 14.6 Å². The molecule has 1 unspecified atom stereocenters. The smallest absolute Gasteiger partial charge is 0.189 e. The molecule has 1 N–H and O–H groups in total. The van der Waals surface area contributed by atoms with Gasteiger partial charge in [0.05, 0.1) is 15.7 Å². The summed E-state index contributed by atoms with van der Waals surface area (Å²) >= 11 is 12.8. The Kier molecular flexibility index (Phi) is 7.10. The molecule has 0 fully saturated rings. The highest BCUT2D eigenvalue weighted by atomic mass is 35.5. The number of hydrogen-bond acceptors (Lipinski definition) is 4. The van der Waals surface area contributed by atoms with Crippen LogP contribution in [0.15, 0.2) is 18.3 Å². The number of nitrogens with zero attached hydrogens (tertiary/aromatic N) is 2. The van der Waals surface area contributed by atoms with Crippen LogP contribution in [0.5, 0.6) is 5.75 Å². The number of aromatic nitrogens is 2. The summed E-state index contributed by atoms with van der Waals surface area (Å²) in [5.41, 5.74) is 1.83. The van der Waals surface area contributed by atoms with E-state index in [1.165, 1.54) is 0 Å². The van der Waals surface area contributed by atoms with Crippen molar-refractivity contribution in [1.29, 1.82) is 0 Å². The number of hydrogen-bond donors (Lipinski definition) is 1. The molecule has 0 aliphatic carbocycles.